The fourth-order valence-corrected chi connectivity index (χ4v) is 4.58. The smallest absolute Gasteiger partial charge is 0.176 e. The Morgan fingerprint density at radius 3 is 2.11 bits per heavy atom. The molecule has 5 heteroatoms. The Hall–Kier alpha value is -2.89. The van der Waals surface area contributed by atoms with Crippen LogP contribution in [-0.2, 0) is 15.9 Å². The standard InChI is InChI=1S/C31H33F3O2/c1-3-5-6-7-9-23-14-17-27(31(34)30(23)33)22-12-10-21(11-13-22)26-16-15-24(18-28(26)32)25-19-35-29(8-4-2)36-20-25/h4,8,10-18,25,29H,3,5-7,9,19-20H2,1-2H3. The maximum absolute atomic E-state index is 15.0. The molecular formula is C31H33F3O2. The molecule has 0 bridgehead atoms. The normalized spacial score (nSPS) is 18.1. The molecule has 0 radical (unpaired) electrons. The number of hydrogen-bond acceptors (Lipinski definition) is 2. The highest BCUT2D eigenvalue weighted by molar-refractivity contribution is 5.71. The van der Waals surface area contributed by atoms with E-state index in [-0.39, 0.29) is 23.6 Å². The number of rotatable bonds is 9. The molecule has 0 N–H and O–H groups in total. The highest BCUT2D eigenvalue weighted by Crippen LogP contribution is 2.32. The number of benzene rings is 3. The number of aryl methyl sites for hydroxylation is 1. The van der Waals surface area contributed by atoms with Crippen molar-refractivity contribution in [1.82, 2.24) is 0 Å². The molecule has 0 amide bonds. The molecule has 3 aromatic carbocycles. The van der Waals surface area contributed by atoms with Gasteiger partial charge in [-0.1, -0.05) is 80.8 Å². The van der Waals surface area contributed by atoms with Crippen LogP contribution in [0.25, 0.3) is 22.3 Å². The van der Waals surface area contributed by atoms with Crippen LogP contribution < -0.4 is 0 Å². The second kappa shape index (κ2) is 12.4. The molecule has 2 nitrogen and oxygen atoms in total. The zero-order valence-corrected chi connectivity index (χ0v) is 20.9. The molecule has 1 fully saturated rings. The first-order chi connectivity index (χ1) is 17.5. The first-order valence-corrected chi connectivity index (χ1v) is 12.7. The average molecular weight is 495 g/mol. The van der Waals surface area contributed by atoms with Gasteiger partial charge in [-0.15, -0.1) is 0 Å². The summed E-state index contributed by atoms with van der Waals surface area (Å²) >= 11 is 0. The first kappa shape index (κ1) is 26.2. The molecule has 1 aliphatic rings. The summed E-state index contributed by atoms with van der Waals surface area (Å²) in [6.45, 7) is 4.94. The predicted octanol–water partition coefficient (Wildman–Crippen LogP) is 8.59. The van der Waals surface area contributed by atoms with Crippen molar-refractivity contribution in [2.45, 2.75) is 58.2 Å². The quantitative estimate of drug-likeness (QED) is 0.219. The van der Waals surface area contributed by atoms with Crippen molar-refractivity contribution >= 4 is 0 Å². The van der Waals surface area contributed by atoms with Gasteiger partial charge in [0.2, 0.25) is 0 Å². The lowest BCUT2D eigenvalue weighted by Crippen LogP contribution is -2.29. The van der Waals surface area contributed by atoms with E-state index in [9.17, 15) is 8.78 Å². The summed E-state index contributed by atoms with van der Waals surface area (Å²) in [5.74, 6) is -1.99. The molecule has 190 valence electrons. The third-order valence-electron chi connectivity index (χ3n) is 6.71. The van der Waals surface area contributed by atoms with Gasteiger partial charge in [0.1, 0.15) is 5.82 Å². The van der Waals surface area contributed by atoms with Crippen molar-refractivity contribution in [3.8, 4) is 22.3 Å². The lowest BCUT2D eigenvalue weighted by atomic mass is 9.94. The molecule has 4 rings (SSSR count). The summed E-state index contributed by atoms with van der Waals surface area (Å²) in [6.07, 6.45) is 7.95. The summed E-state index contributed by atoms with van der Waals surface area (Å²) < 4.78 is 55.8. The van der Waals surface area contributed by atoms with E-state index in [1.165, 1.54) is 6.07 Å². The van der Waals surface area contributed by atoms with Crippen LogP contribution in [0.2, 0.25) is 0 Å². The Labute approximate surface area is 211 Å². The molecule has 1 heterocycles. The van der Waals surface area contributed by atoms with Crippen molar-refractivity contribution in [2.24, 2.45) is 0 Å². The Morgan fingerprint density at radius 1 is 0.806 bits per heavy atom. The van der Waals surface area contributed by atoms with Gasteiger partial charge in [0, 0.05) is 17.0 Å². The molecule has 0 atom stereocenters. The zero-order chi connectivity index (χ0) is 25.5. The maximum Gasteiger partial charge on any atom is 0.176 e. The summed E-state index contributed by atoms with van der Waals surface area (Å²) in [6, 6.07) is 15.3. The number of ether oxygens (including phenoxy) is 2. The van der Waals surface area contributed by atoms with Crippen molar-refractivity contribution in [3.63, 3.8) is 0 Å². The third kappa shape index (κ3) is 6.08. The van der Waals surface area contributed by atoms with Crippen molar-refractivity contribution in [2.75, 3.05) is 13.2 Å². The van der Waals surface area contributed by atoms with Gasteiger partial charge in [-0.2, -0.15) is 0 Å². The number of unbranched alkanes of at least 4 members (excludes halogenated alkanes) is 3. The molecule has 0 spiro atoms. The highest BCUT2D eigenvalue weighted by Gasteiger charge is 2.23. The SMILES string of the molecule is CC=CC1OCC(c2ccc(-c3ccc(-c4ccc(CCCCCC)c(F)c4F)cc3)c(F)c2)CO1. The van der Waals surface area contributed by atoms with E-state index < -0.39 is 11.6 Å². The number of allylic oxidation sites excluding steroid dienone is 1. The number of hydrogen-bond donors (Lipinski definition) is 0. The van der Waals surface area contributed by atoms with Gasteiger partial charge in [-0.25, -0.2) is 13.2 Å². The van der Waals surface area contributed by atoms with Gasteiger partial charge in [-0.3, -0.25) is 0 Å². The predicted molar refractivity (Wildman–Crippen MR) is 138 cm³/mol. The zero-order valence-electron chi connectivity index (χ0n) is 20.9. The van der Waals surface area contributed by atoms with E-state index in [0.717, 1.165) is 31.2 Å². The molecular weight excluding hydrogens is 461 g/mol. The van der Waals surface area contributed by atoms with Crippen LogP contribution >= 0.6 is 0 Å². The van der Waals surface area contributed by atoms with E-state index in [1.54, 1.807) is 42.5 Å². The van der Waals surface area contributed by atoms with Crippen LogP contribution in [0.3, 0.4) is 0 Å². The molecule has 1 saturated heterocycles. The first-order valence-electron chi connectivity index (χ1n) is 12.7. The molecule has 0 aliphatic carbocycles. The lowest BCUT2D eigenvalue weighted by Gasteiger charge is -2.28. The van der Waals surface area contributed by atoms with Crippen LogP contribution in [0.15, 0.2) is 66.7 Å². The van der Waals surface area contributed by atoms with Gasteiger partial charge < -0.3 is 9.47 Å². The largest absolute Gasteiger partial charge is 0.348 e. The van der Waals surface area contributed by atoms with Gasteiger partial charge in [0.05, 0.1) is 13.2 Å². The Kier molecular flexibility index (Phi) is 9.00. The Morgan fingerprint density at radius 2 is 1.47 bits per heavy atom. The molecule has 1 aliphatic heterocycles. The van der Waals surface area contributed by atoms with Crippen LogP contribution in [-0.4, -0.2) is 19.5 Å². The van der Waals surface area contributed by atoms with E-state index in [1.807, 2.05) is 25.1 Å². The van der Waals surface area contributed by atoms with E-state index >= 15 is 4.39 Å². The van der Waals surface area contributed by atoms with Gasteiger partial charge in [-0.05, 0) is 54.2 Å². The second-order valence-electron chi connectivity index (χ2n) is 9.29. The van der Waals surface area contributed by atoms with Gasteiger partial charge in [0.15, 0.2) is 17.9 Å². The van der Waals surface area contributed by atoms with E-state index in [4.69, 9.17) is 9.47 Å². The number of halogens is 3. The van der Waals surface area contributed by atoms with Crippen LogP contribution in [0, 0.1) is 17.5 Å². The van der Waals surface area contributed by atoms with Crippen LogP contribution in [0.4, 0.5) is 13.2 Å². The molecule has 36 heavy (non-hydrogen) atoms. The molecule has 0 unspecified atom stereocenters. The molecule has 0 aromatic heterocycles. The minimum absolute atomic E-state index is 0.0371. The summed E-state index contributed by atoms with van der Waals surface area (Å²) in [4.78, 5) is 0. The molecule has 0 saturated carbocycles. The van der Waals surface area contributed by atoms with Gasteiger partial charge in [0.25, 0.3) is 0 Å². The van der Waals surface area contributed by atoms with Gasteiger partial charge >= 0.3 is 0 Å². The average Bonchev–Trinajstić information content (AvgIpc) is 2.90. The van der Waals surface area contributed by atoms with Crippen LogP contribution in [0.5, 0.6) is 0 Å². The lowest BCUT2D eigenvalue weighted by molar-refractivity contribution is -0.159. The highest BCUT2D eigenvalue weighted by atomic mass is 19.2. The Bertz CT molecular complexity index is 1180. The fourth-order valence-electron chi connectivity index (χ4n) is 4.58. The Balaban J connectivity index is 1.46. The van der Waals surface area contributed by atoms with Crippen molar-refractivity contribution in [3.05, 3.63) is 95.3 Å². The minimum Gasteiger partial charge on any atom is -0.348 e. The third-order valence-corrected chi connectivity index (χ3v) is 6.71. The van der Waals surface area contributed by atoms with E-state index in [2.05, 4.69) is 6.92 Å². The maximum atomic E-state index is 15.0. The summed E-state index contributed by atoms with van der Waals surface area (Å²) in [5, 5.41) is 0. The van der Waals surface area contributed by atoms with E-state index in [0.29, 0.717) is 41.9 Å². The summed E-state index contributed by atoms with van der Waals surface area (Å²) in [7, 11) is 0. The summed E-state index contributed by atoms with van der Waals surface area (Å²) in [5.41, 5.74) is 3.11. The topological polar surface area (TPSA) is 18.5 Å². The van der Waals surface area contributed by atoms with Crippen molar-refractivity contribution in [1.29, 1.82) is 0 Å². The fraction of sp³-hybridized carbons (Fsp3) is 0.355. The monoisotopic (exact) mass is 494 g/mol. The van der Waals surface area contributed by atoms with Crippen LogP contribution in [0.1, 0.15) is 56.6 Å². The minimum atomic E-state index is -0.833. The second-order valence-corrected chi connectivity index (χ2v) is 9.29. The van der Waals surface area contributed by atoms with Crippen molar-refractivity contribution < 1.29 is 22.6 Å². The molecule has 3 aromatic rings.